The Morgan fingerprint density at radius 2 is 2.00 bits per heavy atom. The van der Waals surface area contributed by atoms with E-state index in [9.17, 15) is 9.59 Å². The highest BCUT2D eigenvalue weighted by Crippen LogP contribution is 2.15. The number of hydrogen-bond donors (Lipinski definition) is 2. The normalized spacial score (nSPS) is 10.3. The minimum atomic E-state index is -0.436. The molecule has 2 aromatic carbocycles. The average molecular weight is 416 g/mol. The van der Waals surface area contributed by atoms with Crippen molar-refractivity contribution >= 4 is 34.0 Å². The summed E-state index contributed by atoms with van der Waals surface area (Å²) in [6.07, 6.45) is 3.12. The van der Waals surface area contributed by atoms with E-state index in [1.54, 1.807) is 30.3 Å². The monoisotopic (exact) mass is 415 g/mol. The van der Waals surface area contributed by atoms with Crippen LogP contribution in [0.5, 0.6) is 5.75 Å². The molecule has 2 aromatic rings. The third-order valence-electron chi connectivity index (χ3n) is 3.16. The van der Waals surface area contributed by atoms with Crippen LogP contribution < -0.4 is 15.5 Å². The van der Waals surface area contributed by atoms with Gasteiger partial charge in [-0.15, -0.1) is 0 Å². The largest absolute Gasteiger partial charge is 0.489 e. The van der Waals surface area contributed by atoms with Crippen molar-refractivity contribution < 1.29 is 14.3 Å². The number of nitrogens with one attached hydrogen (secondary N) is 2. The minimum Gasteiger partial charge on any atom is -0.489 e. The lowest BCUT2D eigenvalue weighted by Gasteiger charge is -2.06. The minimum absolute atomic E-state index is 0.183. The first-order chi connectivity index (χ1) is 12.6. The third-order valence-corrected chi connectivity index (χ3v) is 3.66. The second-order valence-corrected chi connectivity index (χ2v) is 6.04. The lowest BCUT2D eigenvalue weighted by Crippen LogP contribution is -2.34. The number of nitrogens with zero attached hydrogens (tertiary/aromatic N) is 1. The van der Waals surface area contributed by atoms with Gasteiger partial charge in [0.2, 0.25) is 0 Å². The summed E-state index contributed by atoms with van der Waals surface area (Å²) in [6, 6.07) is 14.2. The summed E-state index contributed by atoms with van der Waals surface area (Å²) in [4.78, 5) is 23.8. The van der Waals surface area contributed by atoms with E-state index in [0.717, 1.165) is 4.47 Å². The molecule has 0 spiro atoms. The number of halogens is 1. The van der Waals surface area contributed by atoms with Gasteiger partial charge in [-0.25, -0.2) is 5.43 Å². The van der Waals surface area contributed by atoms with Crippen LogP contribution in [0.15, 0.2) is 70.8 Å². The molecule has 26 heavy (non-hydrogen) atoms. The van der Waals surface area contributed by atoms with Crippen molar-refractivity contribution in [3.63, 3.8) is 0 Å². The van der Waals surface area contributed by atoms with E-state index in [2.05, 4.69) is 38.4 Å². The Bertz CT molecular complexity index is 821. The standard InChI is InChI=1S/C19H18BrN3O3/c1-2-10-26-17-9-4-3-6-15(17)12-22-23-18(24)13-21-19(25)14-7-5-8-16(20)11-14/h2-9,11-12H,1,10,13H2,(H,21,25)(H,23,24)/b22-12+. The van der Waals surface area contributed by atoms with Crippen LogP contribution >= 0.6 is 15.9 Å². The maximum atomic E-state index is 12.0. The molecular weight excluding hydrogens is 398 g/mol. The quantitative estimate of drug-likeness (QED) is 0.395. The molecule has 0 saturated carbocycles. The Morgan fingerprint density at radius 3 is 2.77 bits per heavy atom. The molecule has 2 amide bonds. The van der Waals surface area contributed by atoms with Gasteiger partial charge in [-0.3, -0.25) is 9.59 Å². The van der Waals surface area contributed by atoms with Gasteiger partial charge in [-0.2, -0.15) is 5.10 Å². The zero-order chi connectivity index (χ0) is 18.8. The van der Waals surface area contributed by atoms with E-state index in [-0.39, 0.29) is 12.5 Å². The number of carbonyl (C=O) groups is 2. The molecule has 0 aliphatic carbocycles. The molecule has 0 atom stereocenters. The lowest BCUT2D eigenvalue weighted by atomic mass is 10.2. The maximum absolute atomic E-state index is 12.0. The Labute approximate surface area is 160 Å². The van der Waals surface area contributed by atoms with E-state index in [1.165, 1.54) is 6.21 Å². The van der Waals surface area contributed by atoms with E-state index >= 15 is 0 Å². The van der Waals surface area contributed by atoms with Crippen LogP contribution in [-0.2, 0) is 4.79 Å². The van der Waals surface area contributed by atoms with Crippen molar-refractivity contribution in [1.29, 1.82) is 0 Å². The maximum Gasteiger partial charge on any atom is 0.259 e. The SMILES string of the molecule is C=CCOc1ccccc1/C=N/NC(=O)CNC(=O)c1cccc(Br)c1. The number of amides is 2. The number of para-hydroxylation sites is 1. The fourth-order valence-corrected chi connectivity index (χ4v) is 2.37. The van der Waals surface area contributed by atoms with Crippen LogP contribution in [0.25, 0.3) is 0 Å². The Hall–Kier alpha value is -2.93. The molecule has 0 aliphatic heterocycles. The van der Waals surface area contributed by atoms with Gasteiger partial charge in [-0.05, 0) is 30.3 Å². The van der Waals surface area contributed by atoms with Crippen molar-refractivity contribution in [3.05, 3.63) is 76.8 Å². The van der Waals surface area contributed by atoms with E-state index in [1.807, 2.05) is 24.3 Å². The molecule has 0 heterocycles. The molecule has 134 valence electrons. The van der Waals surface area contributed by atoms with Crippen molar-refractivity contribution in [2.24, 2.45) is 5.10 Å². The van der Waals surface area contributed by atoms with Crippen molar-refractivity contribution in [2.45, 2.75) is 0 Å². The van der Waals surface area contributed by atoms with Crippen LogP contribution in [0.3, 0.4) is 0 Å². The fourth-order valence-electron chi connectivity index (χ4n) is 1.97. The second-order valence-electron chi connectivity index (χ2n) is 5.12. The summed E-state index contributed by atoms with van der Waals surface area (Å²) in [5.74, 6) is -0.143. The molecule has 2 N–H and O–H groups in total. The Balaban J connectivity index is 1.84. The Morgan fingerprint density at radius 1 is 1.19 bits per heavy atom. The van der Waals surface area contributed by atoms with Crippen LogP contribution in [0.1, 0.15) is 15.9 Å². The fraction of sp³-hybridized carbons (Fsp3) is 0.105. The summed E-state index contributed by atoms with van der Waals surface area (Å²) in [7, 11) is 0. The van der Waals surface area contributed by atoms with Crippen molar-refractivity contribution in [3.8, 4) is 5.75 Å². The summed E-state index contributed by atoms with van der Waals surface area (Å²) in [5, 5.41) is 6.42. The molecule has 0 saturated heterocycles. The first-order valence-electron chi connectivity index (χ1n) is 7.78. The third kappa shape index (κ3) is 6.18. The summed E-state index contributed by atoms with van der Waals surface area (Å²) in [5.41, 5.74) is 3.54. The number of ether oxygens (including phenoxy) is 1. The molecular formula is C19H18BrN3O3. The predicted octanol–water partition coefficient (Wildman–Crippen LogP) is 2.89. The van der Waals surface area contributed by atoms with Gasteiger partial charge in [0.15, 0.2) is 0 Å². The number of hydrogen-bond acceptors (Lipinski definition) is 4. The van der Waals surface area contributed by atoms with Crippen molar-refractivity contribution in [1.82, 2.24) is 10.7 Å². The van der Waals surface area contributed by atoms with E-state index in [0.29, 0.717) is 23.5 Å². The highest BCUT2D eigenvalue weighted by atomic mass is 79.9. The molecule has 0 bridgehead atoms. The summed E-state index contributed by atoms with van der Waals surface area (Å²) >= 11 is 3.29. The molecule has 0 aromatic heterocycles. The smallest absolute Gasteiger partial charge is 0.259 e. The molecule has 0 unspecified atom stereocenters. The van der Waals surface area contributed by atoms with Crippen LogP contribution in [-0.4, -0.2) is 31.2 Å². The number of carbonyl (C=O) groups excluding carboxylic acids is 2. The molecule has 6 nitrogen and oxygen atoms in total. The van der Waals surface area contributed by atoms with Gasteiger partial charge in [0.1, 0.15) is 12.4 Å². The van der Waals surface area contributed by atoms with E-state index < -0.39 is 5.91 Å². The van der Waals surface area contributed by atoms with Crippen LogP contribution in [0.2, 0.25) is 0 Å². The average Bonchev–Trinajstić information content (AvgIpc) is 2.65. The number of hydrazone groups is 1. The molecule has 0 fully saturated rings. The van der Waals surface area contributed by atoms with E-state index in [4.69, 9.17) is 4.74 Å². The first-order valence-corrected chi connectivity index (χ1v) is 8.58. The van der Waals surface area contributed by atoms with Gasteiger partial charge in [0, 0.05) is 15.6 Å². The molecule has 2 rings (SSSR count). The van der Waals surface area contributed by atoms with Crippen molar-refractivity contribution in [2.75, 3.05) is 13.2 Å². The molecule has 7 heteroatoms. The lowest BCUT2D eigenvalue weighted by molar-refractivity contribution is -0.120. The van der Waals surface area contributed by atoms with Gasteiger partial charge in [-0.1, -0.05) is 46.8 Å². The van der Waals surface area contributed by atoms with Gasteiger partial charge in [0.05, 0.1) is 12.8 Å². The molecule has 0 radical (unpaired) electrons. The van der Waals surface area contributed by atoms with Gasteiger partial charge >= 0.3 is 0 Å². The second kappa shape index (κ2) is 10.1. The topological polar surface area (TPSA) is 79.8 Å². The van der Waals surface area contributed by atoms with Crippen LogP contribution in [0, 0.1) is 0 Å². The number of benzene rings is 2. The Kier molecular flexibility index (Phi) is 7.57. The van der Waals surface area contributed by atoms with Crippen LogP contribution in [0.4, 0.5) is 0 Å². The molecule has 0 aliphatic rings. The number of rotatable bonds is 8. The van der Waals surface area contributed by atoms with Gasteiger partial charge < -0.3 is 10.1 Å². The zero-order valence-corrected chi connectivity index (χ0v) is 15.5. The zero-order valence-electron chi connectivity index (χ0n) is 13.9. The predicted molar refractivity (Wildman–Crippen MR) is 104 cm³/mol. The highest BCUT2D eigenvalue weighted by molar-refractivity contribution is 9.10. The van der Waals surface area contributed by atoms with Gasteiger partial charge in [0.25, 0.3) is 11.8 Å². The summed E-state index contributed by atoms with van der Waals surface area (Å²) < 4.78 is 6.29. The summed E-state index contributed by atoms with van der Waals surface area (Å²) in [6.45, 7) is 3.79. The highest BCUT2D eigenvalue weighted by Gasteiger charge is 2.07. The first kappa shape index (κ1) is 19.4.